The van der Waals surface area contributed by atoms with E-state index < -0.39 is 12.3 Å². The lowest BCUT2D eigenvalue weighted by Crippen LogP contribution is -2.23. The van der Waals surface area contributed by atoms with Crippen molar-refractivity contribution in [2.75, 3.05) is 6.61 Å². The van der Waals surface area contributed by atoms with Gasteiger partial charge in [0.2, 0.25) is 6.29 Å². The van der Waals surface area contributed by atoms with Crippen molar-refractivity contribution in [1.82, 2.24) is 0 Å². The first-order valence-corrected chi connectivity index (χ1v) is 14.1. The largest absolute Gasteiger partial charge is 0.489 e. The molecule has 1 N–H and O–H groups in total. The minimum absolute atomic E-state index is 0.276. The van der Waals surface area contributed by atoms with Crippen LogP contribution in [0.25, 0.3) is 32.7 Å². The fourth-order valence-electron chi connectivity index (χ4n) is 5.58. The lowest BCUT2D eigenvalue weighted by molar-refractivity contribution is -0.0180. The molecule has 6 aromatic rings. The molecule has 7 rings (SSSR count). The van der Waals surface area contributed by atoms with E-state index in [0.717, 1.165) is 21.5 Å². The van der Waals surface area contributed by atoms with E-state index in [9.17, 15) is 9.90 Å². The Balaban J connectivity index is 1.33. The van der Waals surface area contributed by atoms with Crippen LogP contribution in [0, 0.1) is 0 Å². The first-order valence-electron chi connectivity index (χ1n) is 14.1. The molecular weight excluding hydrogens is 540 g/mol. The highest BCUT2D eigenvalue weighted by Gasteiger charge is 2.28. The number of esters is 1. The van der Waals surface area contributed by atoms with Crippen molar-refractivity contribution in [1.29, 1.82) is 0 Å². The smallest absolute Gasteiger partial charge is 0.344 e. The van der Waals surface area contributed by atoms with Gasteiger partial charge in [0, 0.05) is 5.56 Å². The Morgan fingerprint density at radius 3 is 2.14 bits per heavy atom. The molecule has 0 aromatic heterocycles. The van der Waals surface area contributed by atoms with E-state index >= 15 is 0 Å². The number of aliphatic hydroxyl groups excluding tert-OH is 1. The summed E-state index contributed by atoms with van der Waals surface area (Å²) in [6.45, 7) is 2.20. The van der Waals surface area contributed by atoms with Gasteiger partial charge in [-0.25, -0.2) is 4.79 Å². The molecule has 0 saturated heterocycles. The molecule has 0 bridgehead atoms. The highest BCUT2D eigenvalue weighted by atomic mass is 16.6. The van der Waals surface area contributed by atoms with E-state index in [4.69, 9.17) is 18.9 Å². The molecule has 0 saturated carbocycles. The van der Waals surface area contributed by atoms with Gasteiger partial charge in [-0.05, 0) is 58.8 Å². The summed E-state index contributed by atoms with van der Waals surface area (Å²) in [5, 5.41) is 15.0. The van der Waals surface area contributed by atoms with Gasteiger partial charge in [0.05, 0.1) is 16.7 Å². The van der Waals surface area contributed by atoms with Crippen LogP contribution in [-0.4, -0.2) is 23.8 Å². The van der Waals surface area contributed by atoms with Crippen LogP contribution in [0.4, 0.5) is 0 Å². The maximum absolute atomic E-state index is 13.7. The lowest BCUT2D eigenvalue weighted by Gasteiger charge is -2.27. The van der Waals surface area contributed by atoms with E-state index in [-0.39, 0.29) is 11.9 Å². The van der Waals surface area contributed by atoms with Crippen LogP contribution in [-0.2, 0) is 0 Å². The van der Waals surface area contributed by atoms with Crippen molar-refractivity contribution < 1.29 is 28.8 Å². The van der Waals surface area contributed by atoms with Crippen molar-refractivity contribution in [3.63, 3.8) is 0 Å². The molecule has 1 aliphatic heterocycles. The van der Waals surface area contributed by atoms with E-state index in [0.29, 0.717) is 46.1 Å². The fourth-order valence-corrected chi connectivity index (χ4v) is 5.58. The lowest BCUT2D eigenvalue weighted by atomic mass is 9.99. The molecule has 1 heterocycles. The predicted molar refractivity (Wildman–Crippen MR) is 166 cm³/mol. The second-order valence-electron chi connectivity index (χ2n) is 10.5. The zero-order valence-corrected chi connectivity index (χ0v) is 23.4. The molecule has 2 unspecified atom stereocenters. The van der Waals surface area contributed by atoms with Crippen LogP contribution >= 0.6 is 0 Å². The van der Waals surface area contributed by atoms with Gasteiger partial charge in [0.25, 0.3) is 0 Å². The van der Waals surface area contributed by atoms with Crippen molar-refractivity contribution >= 4 is 27.5 Å². The molecule has 0 spiro atoms. The third-order valence-electron chi connectivity index (χ3n) is 7.57. The SMILES string of the molecule is CC1COc2cccc(OC(O)c3cccc4ccccc34)c2-c2c(OC(=O)c3cccc4ccccc34)cccc2O1. The van der Waals surface area contributed by atoms with E-state index in [1.165, 1.54) is 0 Å². The van der Waals surface area contributed by atoms with Crippen LogP contribution in [0.1, 0.15) is 29.1 Å². The highest BCUT2D eigenvalue weighted by molar-refractivity contribution is 6.05. The summed E-state index contributed by atoms with van der Waals surface area (Å²) >= 11 is 0. The molecule has 6 heteroatoms. The Morgan fingerprint density at radius 1 is 0.721 bits per heavy atom. The molecule has 0 amide bonds. The third kappa shape index (κ3) is 5.02. The average Bonchev–Trinajstić information content (AvgIpc) is 3.03. The topological polar surface area (TPSA) is 74.2 Å². The first-order chi connectivity index (χ1) is 21.1. The summed E-state index contributed by atoms with van der Waals surface area (Å²) in [6.07, 6.45) is -1.56. The summed E-state index contributed by atoms with van der Waals surface area (Å²) < 4.78 is 24.8. The molecular formula is C37H28O6. The van der Waals surface area contributed by atoms with Gasteiger partial charge < -0.3 is 24.1 Å². The number of benzene rings is 6. The Morgan fingerprint density at radius 2 is 1.33 bits per heavy atom. The van der Waals surface area contributed by atoms with Gasteiger partial charge in [-0.2, -0.15) is 0 Å². The molecule has 212 valence electrons. The van der Waals surface area contributed by atoms with Gasteiger partial charge in [-0.3, -0.25) is 0 Å². The summed E-state index contributed by atoms with van der Waals surface area (Å²) in [5.41, 5.74) is 2.09. The van der Waals surface area contributed by atoms with Crippen LogP contribution in [0.15, 0.2) is 121 Å². The molecule has 2 atom stereocenters. The second-order valence-corrected chi connectivity index (χ2v) is 10.5. The van der Waals surface area contributed by atoms with Gasteiger partial charge in [0.1, 0.15) is 35.7 Å². The van der Waals surface area contributed by atoms with Crippen molar-refractivity contribution in [3.8, 4) is 34.1 Å². The molecule has 0 fully saturated rings. The summed E-state index contributed by atoms with van der Waals surface area (Å²) in [7, 11) is 0. The number of carbonyl (C=O) groups is 1. The maximum Gasteiger partial charge on any atom is 0.344 e. The quantitative estimate of drug-likeness (QED) is 0.129. The number of rotatable bonds is 5. The number of carbonyl (C=O) groups excluding carboxylic acids is 1. The molecule has 43 heavy (non-hydrogen) atoms. The summed E-state index contributed by atoms with van der Waals surface area (Å²) in [6, 6.07) is 37.5. The Bertz CT molecular complexity index is 1970. The molecule has 1 aliphatic rings. The number of hydrogen-bond donors (Lipinski definition) is 1. The van der Waals surface area contributed by atoms with E-state index in [1.807, 2.05) is 104 Å². The van der Waals surface area contributed by atoms with E-state index in [1.54, 1.807) is 24.3 Å². The standard InChI is InChI=1S/C37H28O6/c1-23-22-40-30-18-8-20-32(42-36(38)28-16-6-12-24-10-2-4-14-26(24)28)34(30)35-31(41-23)19-9-21-33(35)43-37(39)29-17-7-13-25-11-3-5-15-27(25)29/h2-21,23,36,38H,22H2,1H3. The van der Waals surface area contributed by atoms with Crippen molar-refractivity contribution in [2.45, 2.75) is 19.3 Å². The number of ether oxygens (including phenoxy) is 4. The predicted octanol–water partition coefficient (Wildman–Crippen LogP) is 8.11. The van der Waals surface area contributed by atoms with Gasteiger partial charge in [-0.15, -0.1) is 0 Å². The van der Waals surface area contributed by atoms with Gasteiger partial charge >= 0.3 is 5.97 Å². The summed E-state index contributed by atoms with van der Waals surface area (Å²) in [4.78, 5) is 13.7. The Labute approximate surface area is 248 Å². The zero-order valence-electron chi connectivity index (χ0n) is 23.4. The van der Waals surface area contributed by atoms with Crippen LogP contribution in [0.5, 0.6) is 23.0 Å². The number of hydrogen-bond acceptors (Lipinski definition) is 6. The molecule has 0 radical (unpaired) electrons. The normalized spacial score (nSPS) is 14.8. The first kappa shape index (κ1) is 26.6. The summed E-state index contributed by atoms with van der Waals surface area (Å²) in [5.74, 6) is 1.16. The van der Waals surface area contributed by atoms with Crippen LogP contribution in [0.2, 0.25) is 0 Å². The Kier molecular flexibility index (Phi) is 6.89. The van der Waals surface area contributed by atoms with Crippen LogP contribution in [0.3, 0.4) is 0 Å². The van der Waals surface area contributed by atoms with Crippen molar-refractivity contribution in [2.24, 2.45) is 0 Å². The maximum atomic E-state index is 13.7. The average molecular weight is 569 g/mol. The number of fused-ring (bicyclic) bond motifs is 5. The number of aliphatic hydroxyl groups is 1. The molecule has 0 aliphatic carbocycles. The minimum Gasteiger partial charge on any atom is -0.489 e. The Hall–Kier alpha value is -5.33. The monoisotopic (exact) mass is 568 g/mol. The zero-order chi connectivity index (χ0) is 29.3. The fraction of sp³-hybridized carbons (Fsp3) is 0.108. The van der Waals surface area contributed by atoms with E-state index in [2.05, 4.69) is 0 Å². The highest BCUT2D eigenvalue weighted by Crippen LogP contribution is 2.50. The van der Waals surface area contributed by atoms with Crippen LogP contribution < -0.4 is 18.9 Å². The minimum atomic E-state index is -1.28. The molecule has 6 aromatic carbocycles. The molecule has 6 nitrogen and oxygen atoms in total. The van der Waals surface area contributed by atoms with Gasteiger partial charge in [-0.1, -0.05) is 91.0 Å². The van der Waals surface area contributed by atoms with Gasteiger partial charge in [0.15, 0.2) is 0 Å². The second kappa shape index (κ2) is 11.2. The van der Waals surface area contributed by atoms with Crippen molar-refractivity contribution in [3.05, 3.63) is 132 Å². The third-order valence-corrected chi connectivity index (χ3v) is 7.57.